The molecular weight excluding hydrogens is 331 g/mol. The molecule has 0 spiro atoms. The lowest BCUT2D eigenvalue weighted by atomic mass is 10.2. The van der Waals surface area contributed by atoms with Gasteiger partial charge in [-0.05, 0) is 13.3 Å². The Hall–Kier alpha value is -0.530. The van der Waals surface area contributed by atoms with Crippen molar-refractivity contribution in [1.29, 1.82) is 0 Å². The molecule has 0 saturated heterocycles. The van der Waals surface area contributed by atoms with Gasteiger partial charge in [-0.15, -0.1) is 24.0 Å². The first-order chi connectivity index (χ1) is 7.63. The van der Waals surface area contributed by atoms with E-state index in [4.69, 9.17) is 0 Å². The monoisotopic (exact) mass is 354 g/mol. The molecule has 1 amide bonds. The molecule has 0 fully saturated rings. The van der Waals surface area contributed by atoms with Crippen LogP contribution in [0.2, 0.25) is 0 Å². The van der Waals surface area contributed by atoms with Crippen LogP contribution in [0.3, 0.4) is 0 Å². The van der Waals surface area contributed by atoms with Crippen molar-refractivity contribution in [3.8, 4) is 0 Å². The van der Waals surface area contributed by atoms with Crippen LogP contribution in [0.15, 0.2) is 4.99 Å². The molecule has 1 unspecified atom stereocenters. The summed E-state index contributed by atoms with van der Waals surface area (Å²) in [5.41, 5.74) is 0. The lowest BCUT2D eigenvalue weighted by Crippen LogP contribution is -2.39. The Morgan fingerprint density at radius 1 is 1.59 bits per heavy atom. The third-order valence-electron chi connectivity index (χ3n) is 2.71. The van der Waals surface area contributed by atoms with Crippen molar-refractivity contribution in [3.05, 3.63) is 0 Å². The van der Waals surface area contributed by atoms with Crippen molar-refractivity contribution in [1.82, 2.24) is 15.5 Å². The van der Waals surface area contributed by atoms with E-state index in [1.54, 1.807) is 0 Å². The number of nitrogens with zero attached hydrogens (tertiary/aromatic N) is 2. The summed E-state index contributed by atoms with van der Waals surface area (Å²) in [6, 6.07) is 0.263. The maximum absolute atomic E-state index is 11.5. The maximum Gasteiger partial charge on any atom is 0.221 e. The van der Waals surface area contributed by atoms with Gasteiger partial charge in [-0.1, -0.05) is 6.92 Å². The van der Waals surface area contributed by atoms with Gasteiger partial charge in [-0.3, -0.25) is 9.79 Å². The second kappa shape index (κ2) is 8.54. The third-order valence-corrected chi connectivity index (χ3v) is 2.71. The summed E-state index contributed by atoms with van der Waals surface area (Å²) in [7, 11) is 2.00. The fourth-order valence-corrected chi connectivity index (χ4v) is 1.46. The Balaban J connectivity index is 0.00000256. The molecule has 5 nitrogen and oxygen atoms in total. The van der Waals surface area contributed by atoms with Crippen LogP contribution in [-0.2, 0) is 4.79 Å². The molecule has 0 aromatic heterocycles. The molecule has 1 aliphatic rings. The lowest BCUT2D eigenvalue weighted by Gasteiger charge is -2.15. The SMILES string of the molecule is CCC(C)NC(=O)CCNC1=NCCN1C.I. The van der Waals surface area contributed by atoms with E-state index in [1.165, 1.54) is 0 Å². The molecule has 1 atom stereocenters. The minimum atomic E-state index is 0. The van der Waals surface area contributed by atoms with E-state index in [-0.39, 0.29) is 35.9 Å². The summed E-state index contributed by atoms with van der Waals surface area (Å²) in [6.07, 6.45) is 1.46. The molecule has 0 aromatic carbocycles. The largest absolute Gasteiger partial charge is 0.356 e. The number of nitrogens with one attached hydrogen (secondary N) is 2. The standard InChI is InChI=1S/C11H22N4O.HI/c1-4-9(2)14-10(16)5-6-12-11-13-7-8-15(11)3;/h9H,4-8H2,1-3H3,(H,12,13)(H,14,16);1H. The molecule has 0 radical (unpaired) electrons. The molecule has 0 aliphatic carbocycles. The molecule has 0 bridgehead atoms. The van der Waals surface area contributed by atoms with Crippen LogP contribution in [0.1, 0.15) is 26.7 Å². The zero-order chi connectivity index (χ0) is 12.0. The van der Waals surface area contributed by atoms with Gasteiger partial charge in [0.05, 0.1) is 6.54 Å². The van der Waals surface area contributed by atoms with Crippen molar-refractivity contribution in [2.45, 2.75) is 32.7 Å². The predicted molar refractivity (Wildman–Crippen MR) is 80.9 cm³/mol. The topological polar surface area (TPSA) is 56.7 Å². The van der Waals surface area contributed by atoms with Crippen molar-refractivity contribution < 1.29 is 4.79 Å². The van der Waals surface area contributed by atoms with Gasteiger partial charge in [0, 0.05) is 32.6 Å². The second-order valence-corrected chi connectivity index (χ2v) is 4.18. The van der Waals surface area contributed by atoms with Gasteiger partial charge >= 0.3 is 0 Å². The van der Waals surface area contributed by atoms with Crippen LogP contribution >= 0.6 is 24.0 Å². The van der Waals surface area contributed by atoms with E-state index in [0.29, 0.717) is 13.0 Å². The van der Waals surface area contributed by atoms with Crippen molar-refractivity contribution in [2.75, 3.05) is 26.7 Å². The normalized spacial score (nSPS) is 15.9. The van der Waals surface area contributed by atoms with Gasteiger partial charge in [0.15, 0.2) is 5.96 Å². The number of hydrogen-bond donors (Lipinski definition) is 2. The first kappa shape index (κ1) is 16.5. The van der Waals surface area contributed by atoms with Gasteiger partial charge in [-0.25, -0.2) is 0 Å². The fourth-order valence-electron chi connectivity index (χ4n) is 1.46. The molecule has 2 N–H and O–H groups in total. The van der Waals surface area contributed by atoms with Crippen molar-refractivity contribution in [2.24, 2.45) is 4.99 Å². The number of guanidine groups is 1. The first-order valence-corrected chi connectivity index (χ1v) is 5.92. The van der Waals surface area contributed by atoms with E-state index in [2.05, 4.69) is 27.4 Å². The van der Waals surface area contributed by atoms with Crippen LogP contribution in [0.25, 0.3) is 0 Å². The molecule has 17 heavy (non-hydrogen) atoms. The van der Waals surface area contributed by atoms with Crippen LogP contribution in [0.4, 0.5) is 0 Å². The Labute approximate surface area is 120 Å². The third kappa shape index (κ3) is 6.09. The number of rotatable bonds is 5. The summed E-state index contributed by atoms with van der Waals surface area (Å²) >= 11 is 0. The number of aliphatic imine (C=N–C) groups is 1. The van der Waals surface area contributed by atoms with Gasteiger partial charge in [0.2, 0.25) is 5.91 Å². The summed E-state index contributed by atoms with van der Waals surface area (Å²) < 4.78 is 0. The van der Waals surface area contributed by atoms with Crippen LogP contribution < -0.4 is 10.6 Å². The van der Waals surface area contributed by atoms with E-state index in [0.717, 1.165) is 25.5 Å². The lowest BCUT2D eigenvalue weighted by molar-refractivity contribution is -0.121. The van der Waals surface area contributed by atoms with Gasteiger partial charge in [0.1, 0.15) is 0 Å². The highest BCUT2D eigenvalue weighted by atomic mass is 127. The molecule has 0 saturated carbocycles. The number of hydrogen-bond acceptors (Lipinski definition) is 4. The highest BCUT2D eigenvalue weighted by molar-refractivity contribution is 14.0. The Morgan fingerprint density at radius 3 is 2.82 bits per heavy atom. The molecule has 1 rings (SSSR count). The smallest absolute Gasteiger partial charge is 0.221 e. The zero-order valence-electron chi connectivity index (χ0n) is 10.8. The van der Waals surface area contributed by atoms with Gasteiger partial charge in [-0.2, -0.15) is 0 Å². The van der Waals surface area contributed by atoms with E-state index >= 15 is 0 Å². The van der Waals surface area contributed by atoms with E-state index in [9.17, 15) is 4.79 Å². The zero-order valence-corrected chi connectivity index (χ0v) is 13.2. The molecular formula is C11H23IN4O. The number of carbonyl (C=O) groups excluding carboxylic acids is 1. The molecule has 1 aliphatic heterocycles. The average molecular weight is 354 g/mol. The highest BCUT2D eigenvalue weighted by Crippen LogP contribution is 1.95. The maximum atomic E-state index is 11.5. The molecule has 1 heterocycles. The number of carbonyl (C=O) groups is 1. The Morgan fingerprint density at radius 2 is 2.29 bits per heavy atom. The molecule has 100 valence electrons. The second-order valence-electron chi connectivity index (χ2n) is 4.18. The number of amides is 1. The summed E-state index contributed by atoms with van der Waals surface area (Å²) in [5.74, 6) is 0.999. The number of likely N-dealkylation sites (N-methyl/N-ethyl adjacent to an activating group) is 1. The molecule has 0 aromatic rings. The van der Waals surface area contributed by atoms with Gasteiger partial charge < -0.3 is 15.5 Å². The van der Waals surface area contributed by atoms with Crippen LogP contribution in [0.5, 0.6) is 0 Å². The summed E-state index contributed by atoms with van der Waals surface area (Å²) in [4.78, 5) is 17.8. The quantitative estimate of drug-likeness (QED) is 0.719. The average Bonchev–Trinajstić information content (AvgIpc) is 2.64. The van der Waals surface area contributed by atoms with Crippen molar-refractivity contribution >= 4 is 35.8 Å². The predicted octanol–water partition coefficient (Wildman–Crippen LogP) is 0.800. The minimum absolute atomic E-state index is 0. The fraction of sp³-hybridized carbons (Fsp3) is 0.818. The highest BCUT2D eigenvalue weighted by Gasteiger charge is 2.12. The Bertz CT molecular complexity index is 270. The summed E-state index contributed by atoms with van der Waals surface area (Å²) in [5, 5.41) is 6.10. The van der Waals surface area contributed by atoms with Gasteiger partial charge in [0.25, 0.3) is 0 Å². The molecule has 6 heteroatoms. The van der Waals surface area contributed by atoms with Crippen LogP contribution in [-0.4, -0.2) is 49.5 Å². The first-order valence-electron chi connectivity index (χ1n) is 5.92. The Kier molecular flexibility index (Phi) is 8.28. The van der Waals surface area contributed by atoms with Crippen molar-refractivity contribution in [3.63, 3.8) is 0 Å². The number of halogens is 1. The minimum Gasteiger partial charge on any atom is -0.356 e. The van der Waals surface area contributed by atoms with E-state index in [1.807, 2.05) is 14.0 Å². The van der Waals surface area contributed by atoms with E-state index < -0.39 is 0 Å². The van der Waals surface area contributed by atoms with Crippen LogP contribution in [0, 0.1) is 0 Å². The summed E-state index contributed by atoms with van der Waals surface area (Å²) in [6.45, 7) is 6.52.